The topological polar surface area (TPSA) is 55.8 Å². The number of aryl methyl sites for hydroxylation is 1. The highest BCUT2D eigenvalue weighted by Gasteiger charge is 2.44. The number of hydrogen-bond donors (Lipinski definition) is 1. The van der Waals surface area contributed by atoms with Crippen molar-refractivity contribution in [2.24, 2.45) is 0 Å². The Morgan fingerprint density at radius 1 is 1.09 bits per heavy atom. The number of aliphatic hydroxyl groups excluding tert-OH is 1. The number of methoxy groups -OCH3 is 1. The molecule has 0 aromatic heterocycles. The van der Waals surface area contributed by atoms with Crippen molar-refractivity contribution in [1.82, 2.24) is 0 Å². The van der Waals surface area contributed by atoms with Gasteiger partial charge in [-0.2, -0.15) is 0 Å². The Morgan fingerprint density at radius 2 is 1.69 bits per heavy atom. The molecule has 178 valence electrons. The van der Waals surface area contributed by atoms with Crippen molar-refractivity contribution in [3.05, 3.63) is 41.0 Å². The van der Waals surface area contributed by atoms with Gasteiger partial charge in [-0.1, -0.05) is 46.8 Å². The lowest BCUT2D eigenvalue weighted by atomic mass is 9.89. The summed E-state index contributed by atoms with van der Waals surface area (Å²) in [5, 5.41) is 13.0. The molecule has 1 N–H and O–H groups in total. The quantitative estimate of drug-likeness (QED) is 0.341. The van der Waals surface area contributed by atoms with E-state index >= 15 is 0 Å². The van der Waals surface area contributed by atoms with Gasteiger partial charge in [0.05, 0.1) is 18.8 Å². The van der Waals surface area contributed by atoms with Gasteiger partial charge >= 0.3 is 0 Å². The molecule has 2 aromatic rings. The molecule has 1 atom stereocenters. The number of carbonyl (C=O) groups is 1. The monoisotopic (exact) mass is 458 g/mol. The maximum Gasteiger partial charge on any atom is 0.192 e. The zero-order valence-electron chi connectivity index (χ0n) is 21.8. The number of ether oxygens (including phenoxy) is 1. The lowest BCUT2D eigenvalue weighted by Gasteiger charge is -2.44. The van der Waals surface area contributed by atoms with Crippen molar-refractivity contribution in [3.8, 4) is 5.75 Å². The number of aliphatic hydroxyl groups is 1. The van der Waals surface area contributed by atoms with E-state index in [1.165, 1.54) is 0 Å². The summed E-state index contributed by atoms with van der Waals surface area (Å²) in [5.41, 5.74) is 1.85. The SMILES string of the molecule is COc1cc2c(C(=O)CC(O)C(C)(C)O[Si](C)(C)C(C)(C)C)c(C)ccc2cc1C(C)C. The molecular weight excluding hydrogens is 416 g/mol. The Labute approximate surface area is 195 Å². The normalized spacial score (nSPS) is 14.2. The van der Waals surface area contributed by atoms with Gasteiger partial charge in [0.2, 0.25) is 0 Å². The lowest BCUT2D eigenvalue weighted by Crippen LogP contribution is -2.52. The number of ketones is 1. The van der Waals surface area contributed by atoms with Gasteiger partial charge in [0.25, 0.3) is 0 Å². The molecular formula is C27H42O4Si. The largest absolute Gasteiger partial charge is 0.496 e. The minimum Gasteiger partial charge on any atom is -0.496 e. The van der Waals surface area contributed by atoms with E-state index < -0.39 is 20.0 Å². The number of rotatable bonds is 8. The highest BCUT2D eigenvalue weighted by atomic mass is 28.4. The number of hydrogen-bond acceptors (Lipinski definition) is 4. The minimum atomic E-state index is -2.11. The Hall–Kier alpha value is -1.69. The Kier molecular flexibility index (Phi) is 7.70. The standard InChI is InChI=1S/C27H42O4Si/c1-17(2)20-14-19-13-12-18(3)25(21(19)15-23(20)30-9)22(28)16-24(29)27(7,8)31-32(10,11)26(4,5)6/h12-15,17,24,29H,16H2,1-11H3. The van der Waals surface area contributed by atoms with Gasteiger partial charge in [0.1, 0.15) is 5.75 Å². The molecule has 0 radical (unpaired) electrons. The van der Waals surface area contributed by atoms with Crippen LogP contribution in [0, 0.1) is 6.92 Å². The van der Waals surface area contributed by atoms with Crippen LogP contribution >= 0.6 is 0 Å². The van der Waals surface area contributed by atoms with Crippen LogP contribution in [0.2, 0.25) is 18.1 Å². The molecule has 0 fully saturated rings. The van der Waals surface area contributed by atoms with Crippen LogP contribution in [0.5, 0.6) is 5.75 Å². The molecule has 32 heavy (non-hydrogen) atoms. The summed E-state index contributed by atoms with van der Waals surface area (Å²) in [6, 6.07) is 8.11. The van der Waals surface area contributed by atoms with Crippen LogP contribution in [0.15, 0.2) is 24.3 Å². The minimum absolute atomic E-state index is 0.00975. The number of fused-ring (bicyclic) bond motifs is 1. The van der Waals surface area contributed by atoms with Crippen molar-refractivity contribution < 1.29 is 19.1 Å². The van der Waals surface area contributed by atoms with E-state index in [0.29, 0.717) is 11.5 Å². The summed E-state index contributed by atoms with van der Waals surface area (Å²) >= 11 is 0. The van der Waals surface area contributed by atoms with Gasteiger partial charge in [0.15, 0.2) is 14.1 Å². The average Bonchev–Trinajstić information content (AvgIpc) is 2.64. The van der Waals surface area contributed by atoms with Crippen molar-refractivity contribution in [2.75, 3.05) is 7.11 Å². The summed E-state index contributed by atoms with van der Waals surface area (Å²) < 4.78 is 12.1. The molecule has 2 aromatic carbocycles. The zero-order chi connectivity index (χ0) is 24.6. The summed E-state index contributed by atoms with van der Waals surface area (Å²) in [6.45, 7) is 20.8. The van der Waals surface area contributed by atoms with E-state index in [0.717, 1.165) is 27.6 Å². The third-order valence-corrected chi connectivity index (χ3v) is 11.6. The second-order valence-electron chi connectivity index (χ2n) is 11.3. The number of Topliss-reactive ketones (excluding diaryl/α,β-unsaturated/α-hetero) is 1. The number of benzene rings is 2. The highest BCUT2D eigenvalue weighted by Crippen LogP contribution is 2.40. The molecule has 0 saturated carbocycles. The predicted molar refractivity (Wildman–Crippen MR) is 137 cm³/mol. The zero-order valence-corrected chi connectivity index (χ0v) is 22.8. The molecule has 1 unspecified atom stereocenters. The predicted octanol–water partition coefficient (Wildman–Crippen LogP) is 7.01. The molecule has 2 rings (SSSR count). The molecule has 0 aliphatic heterocycles. The van der Waals surface area contributed by atoms with Crippen LogP contribution in [0.4, 0.5) is 0 Å². The van der Waals surface area contributed by atoms with E-state index in [4.69, 9.17) is 9.16 Å². The molecule has 5 heteroatoms. The van der Waals surface area contributed by atoms with Gasteiger partial charge in [-0.05, 0) is 78.9 Å². The van der Waals surface area contributed by atoms with Crippen molar-refractivity contribution in [2.45, 2.75) is 97.6 Å². The van der Waals surface area contributed by atoms with Crippen LogP contribution in [-0.2, 0) is 4.43 Å². The average molecular weight is 459 g/mol. The van der Waals surface area contributed by atoms with Crippen molar-refractivity contribution >= 4 is 24.9 Å². The van der Waals surface area contributed by atoms with E-state index in [9.17, 15) is 9.90 Å². The van der Waals surface area contributed by atoms with E-state index in [-0.39, 0.29) is 17.2 Å². The summed E-state index contributed by atoms with van der Waals surface area (Å²) in [7, 11) is -0.444. The molecule has 0 saturated heterocycles. The van der Waals surface area contributed by atoms with E-state index in [2.05, 4.69) is 53.8 Å². The first-order valence-corrected chi connectivity index (χ1v) is 14.5. The van der Waals surface area contributed by atoms with E-state index in [1.807, 2.05) is 39.0 Å². The molecule has 0 heterocycles. The molecule has 0 bridgehead atoms. The summed E-state index contributed by atoms with van der Waals surface area (Å²) in [5.74, 6) is 1.02. The molecule has 0 spiro atoms. The Balaban J connectivity index is 2.42. The fourth-order valence-corrected chi connectivity index (χ4v) is 5.64. The van der Waals surface area contributed by atoms with Gasteiger partial charge < -0.3 is 14.3 Å². The van der Waals surface area contributed by atoms with Gasteiger partial charge in [-0.15, -0.1) is 0 Å². The van der Waals surface area contributed by atoms with Crippen molar-refractivity contribution in [3.63, 3.8) is 0 Å². The van der Waals surface area contributed by atoms with Gasteiger partial charge in [0, 0.05) is 12.0 Å². The Morgan fingerprint density at radius 3 is 2.19 bits per heavy atom. The van der Waals surface area contributed by atoms with Gasteiger partial charge in [-0.25, -0.2) is 0 Å². The Bertz CT molecular complexity index is 983. The summed E-state index contributed by atoms with van der Waals surface area (Å²) in [6.07, 6.45) is -0.897. The first-order chi connectivity index (χ1) is 14.5. The molecule has 0 aliphatic rings. The second kappa shape index (κ2) is 9.28. The van der Waals surface area contributed by atoms with Crippen molar-refractivity contribution in [1.29, 1.82) is 0 Å². The van der Waals surface area contributed by atoms with Gasteiger partial charge in [-0.3, -0.25) is 4.79 Å². The fourth-order valence-electron chi connectivity index (χ4n) is 3.88. The molecule has 4 nitrogen and oxygen atoms in total. The summed E-state index contributed by atoms with van der Waals surface area (Å²) in [4.78, 5) is 13.5. The van der Waals surface area contributed by atoms with Crippen LogP contribution in [0.1, 0.15) is 82.3 Å². The third-order valence-electron chi connectivity index (χ3n) is 6.98. The maximum atomic E-state index is 13.5. The fraction of sp³-hybridized carbons (Fsp3) is 0.593. The third kappa shape index (κ3) is 5.44. The highest BCUT2D eigenvalue weighted by molar-refractivity contribution is 6.74. The van der Waals surface area contributed by atoms with Crippen LogP contribution < -0.4 is 4.74 Å². The molecule has 0 aliphatic carbocycles. The van der Waals surface area contributed by atoms with E-state index in [1.54, 1.807) is 7.11 Å². The van der Waals surface area contributed by atoms with Crippen LogP contribution in [0.25, 0.3) is 10.8 Å². The molecule has 0 amide bonds. The van der Waals surface area contributed by atoms with Crippen LogP contribution in [0.3, 0.4) is 0 Å². The first kappa shape index (κ1) is 26.6. The van der Waals surface area contributed by atoms with Crippen LogP contribution in [-0.4, -0.2) is 38.0 Å². The first-order valence-electron chi connectivity index (χ1n) is 11.5. The lowest BCUT2D eigenvalue weighted by molar-refractivity contribution is -0.0376. The number of carbonyl (C=O) groups excluding carboxylic acids is 1. The second-order valence-corrected chi connectivity index (χ2v) is 16.1. The maximum absolute atomic E-state index is 13.5. The smallest absolute Gasteiger partial charge is 0.192 e.